The highest BCUT2D eigenvalue weighted by Gasteiger charge is 2.17. The first kappa shape index (κ1) is 22.5. The van der Waals surface area contributed by atoms with Crippen LogP contribution in [0.15, 0.2) is 77.8 Å². The van der Waals surface area contributed by atoms with Gasteiger partial charge in [-0.15, -0.1) is 0 Å². The van der Waals surface area contributed by atoms with Crippen LogP contribution < -0.4 is 15.4 Å². The summed E-state index contributed by atoms with van der Waals surface area (Å²) in [6, 6.07) is 18.9. The molecule has 4 aromatic rings. The third-order valence-electron chi connectivity index (χ3n) is 4.61. The number of aryl methyl sites for hydroxylation is 2. The summed E-state index contributed by atoms with van der Waals surface area (Å²) in [6.07, 6.45) is 1.69. The minimum atomic E-state index is -3.77. The molecule has 0 radical (unpaired) electrons. The van der Waals surface area contributed by atoms with Crippen LogP contribution in [0.2, 0.25) is 5.02 Å². The molecule has 3 N–H and O–H groups in total. The minimum absolute atomic E-state index is 0.140. The number of hydrogen-bond donors (Lipinski definition) is 3. The summed E-state index contributed by atoms with van der Waals surface area (Å²) in [6.45, 7) is 3.52. The van der Waals surface area contributed by atoms with Gasteiger partial charge in [0.1, 0.15) is 23.3 Å². The topological polar surface area (TPSA) is 109 Å². The van der Waals surface area contributed by atoms with Gasteiger partial charge in [0.15, 0.2) is 0 Å². The highest BCUT2D eigenvalue weighted by atomic mass is 35.5. The predicted molar refractivity (Wildman–Crippen MR) is 131 cm³/mol. The fraction of sp³-hybridized carbons (Fsp3) is 0.0870. The van der Waals surface area contributed by atoms with E-state index in [9.17, 15) is 8.42 Å². The number of pyridine rings is 1. The number of hydrogen-bond acceptors (Lipinski definition) is 7. The van der Waals surface area contributed by atoms with Crippen LogP contribution in [-0.4, -0.2) is 23.4 Å². The molecule has 2 aromatic heterocycles. The molecule has 10 heteroatoms. The molecule has 33 heavy (non-hydrogen) atoms. The number of nitrogens with one attached hydrogen (secondary N) is 3. The number of sulfonamides is 1. The van der Waals surface area contributed by atoms with E-state index in [-0.39, 0.29) is 4.90 Å². The monoisotopic (exact) mass is 480 g/mol. The van der Waals surface area contributed by atoms with Gasteiger partial charge in [-0.25, -0.2) is 23.4 Å². The first-order valence-electron chi connectivity index (χ1n) is 9.98. The van der Waals surface area contributed by atoms with E-state index in [1.807, 2.05) is 18.2 Å². The van der Waals surface area contributed by atoms with Gasteiger partial charge in [-0.3, -0.25) is 4.72 Å². The predicted octanol–water partition coefficient (Wildman–Crippen LogP) is 5.43. The standard InChI is InChI=1S/C23H21ClN6O2S/c1-15-6-7-17(24)13-20(15)33(31,32)30-19-10-8-18(9-11-19)28-22-14-23(27-16(2)26-22)29-21-5-3-4-12-25-21/h3-14,30H,1-2H3,(H2,25,26,27,28,29). The maximum absolute atomic E-state index is 12.8. The van der Waals surface area contributed by atoms with Crippen LogP contribution in [0.4, 0.5) is 28.8 Å². The molecule has 2 heterocycles. The summed E-state index contributed by atoms with van der Waals surface area (Å²) >= 11 is 5.97. The fourth-order valence-electron chi connectivity index (χ4n) is 3.11. The van der Waals surface area contributed by atoms with Gasteiger partial charge >= 0.3 is 0 Å². The average molecular weight is 481 g/mol. The Morgan fingerprint density at radius 1 is 0.788 bits per heavy atom. The van der Waals surface area contributed by atoms with E-state index in [0.717, 1.165) is 5.69 Å². The van der Waals surface area contributed by atoms with E-state index in [2.05, 4.69) is 30.3 Å². The maximum atomic E-state index is 12.8. The Labute approximate surface area is 197 Å². The van der Waals surface area contributed by atoms with Crippen molar-refractivity contribution in [3.8, 4) is 0 Å². The molecule has 0 bridgehead atoms. The molecule has 0 atom stereocenters. The molecule has 8 nitrogen and oxygen atoms in total. The maximum Gasteiger partial charge on any atom is 0.262 e. The summed E-state index contributed by atoms with van der Waals surface area (Å²) in [7, 11) is -3.77. The Hall–Kier alpha value is -3.69. The van der Waals surface area contributed by atoms with Crippen LogP contribution in [0.1, 0.15) is 11.4 Å². The lowest BCUT2D eigenvalue weighted by Crippen LogP contribution is -2.14. The molecular formula is C23H21ClN6O2S. The van der Waals surface area contributed by atoms with E-state index in [1.54, 1.807) is 62.5 Å². The zero-order chi connectivity index (χ0) is 23.4. The summed E-state index contributed by atoms with van der Waals surface area (Å²) in [4.78, 5) is 13.2. The molecule has 0 spiro atoms. The van der Waals surface area contributed by atoms with Crippen molar-refractivity contribution in [2.24, 2.45) is 0 Å². The molecule has 0 aliphatic carbocycles. The van der Waals surface area contributed by atoms with Crippen molar-refractivity contribution < 1.29 is 8.42 Å². The quantitative estimate of drug-likeness (QED) is 0.323. The molecule has 0 saturated carbocycles. The lowest BCUT2D eigenvalue weighted by molar-refractivity contribution is 0.600. The van der Waals surface area contributed by atoms with Crippen LogP contribution >= 0.6 is 11.6 Å². The molecule has 0 aliphatic heterocycles. The molecule has 4 rings (SSSR count). The molecule has 0 aliphatic rings. The summed E-state index contributed by atoms with van der Waals surface area (Å²) in [5.74, 6) is 2.45. The second kappa shape index (κ2) is 9.43. The Bertz CT molecular complexity index is 1380. The molecule has 2 aromatic carbocycles. The smallest absolute Gasteiger partial charge is 0.262 e. The van der Waals surface area contributed by atoms with Gasteiger partial charge in [0.05, 0.1) is 4.90 Å². The fourth-order valence-corrected chi connectivity index (χ4v) is 4.67. The minimum Gasteiger partial charge on any atom is -0.340 e. The number of anilines is 5. The molecule has 0 fully saturated rings. The zero-order valence-corrected chi connectivity index (χ0v) is 19.4. The van der Waals surface area contributed by atoms with E-state index in [1.165, 1.54) is 6.07 Å². The van der Waals surface area contributed by atoms with Gasteiger partial charge in [-0.05, 0) is 67.9 Å². The summed E-state index contributed by atoms with van der Waals surface area (Å²) in [5, 5.41) is 6.70. The van der Waals surface area contributed by atoms with Crippen LogP contribution in [-0.2, 0) is 10.0 Å². The zero-order valence-electron chi connectivity index (χ0n) is 17.9. The number of rotatable bonds is 7. The van der Waals surface area contributed by atoms with E-state index in [0.29, 0.717) is 39.6 Å². The lowest BCUT2D eigenvalue weighted by atomic mass is 10.2. The SMILES string of the molecule is Cc1nc(Nc2ccc(NS(=O)(=O)c3cc(Cl)ccc3C)cc2)cc(Nc2ccccn2)n1. The Balaban J connectivity index is 1.48. The summed E-state index contributed by atoms with van der Waals surface area (Å²) < 4.78 is 28.1. The van der Waals surface area contributed by atoms with Crippen LogP contribution in [0, 0.1) is 13.8 Å². The second-order valence-corrected chi connectivity index (χ2v) is 9.33. The first-order valence-corrected chi connectivity index (χ1v) is 11.8. The van der Waals surface area contributed by atoms with Gasteiger partial charge < -0.3 is 10.6 Å². The molecule has 0 amide bonds. The van der Waals surface area contributed by atoms with Crippen LogP contribution in [0.3, 0.4) is 0 Å². The largest absolute Gasteiger partial charge is 0.340 e. The summed E-state index contributed by atoms with van der Waals surface area (Å²) in [5.41, 5.74) is 1.77. The Morgan fingerprint density at radius 3 is 2.18 bits per heavy atom. The van der Waals surface area contributed by atoms with E-state index >= 15 is 0 Å². The highest BCUT2D eigenvalue weighted by Crippen LogP contribution is 2.25. The van der Waals surface area contributed by atoms with Crippen molar-refractivity contribution in [1.82, 2.24) is 15.0 Å². The van der Waals surface area contributed by atoms with E-state index in [4.69, 9.17) is 11.6 Å². The molecule has 168 valence electrons. The third-order valence-corrected chi connectivity index (χ3v) is 6.37. The number of aromatic nitrogens is 3. The van der Waals surface area contributed by atoms with E-state index < -0.39 is 10.0 Å². The first-order chi connectivity index (χ1) is 15.8. The number of nitrogens with zero attached hydrogens (tertiary/aromatic N) is 3. The molecular weight excluding hydrogens is 460 g/mol. The molecule has 0 unspecified atom stereocenters. The van der Waals surface area contributed by atoms with Crippen molar-refractivity contribution in [1.29, 1.82) is 0 Å². The van der Waals surface area contributed by atoms with Gasteiger partial charge in [0.25, 0.3) is 10.0 Å². The number of halogens is 1. The highest BCUT2D eigenvalue weighted by molar-refractivity contribution is 7.92. The molecule has 0 saturated heterocycles. The van der Waals surface area contributed by atoms with Gasteiger partial charge in [-0.1, -0.05) is 23.7 Å². The van der Waals surface area contributed by atoms with Crippen molar-refractivity contribution in [2.45, 2.75) is 18.7 Å². The average Bonchev–Trinajstić information content (AvgIpc) is 2.77. The number of benzene rings is 2. The van der Waals surface area contributed by atoms with Crippen LogP contribution in [0.25, 0.3) is 0 Å². The normalized spacial score (nSPS) is 11.1. The van der Waals surface area contributed by atoms with Gasteiger partial charge in [0, 0.05) is 28.7 Å². The lowest BCUT2D eigenvalue weighted by Gasteiger charge is -2.12. The van der Waals surface area contributed by atoms with Gasteiger partial charge in [-0.2, -0.15) is 0 Å². The van der Waals surface area contributed by atoms with Crippen LogP contribution in [0.5, 0.6) is 0 Å². The van der Waals surface area contributed by atoms with Gasteiger partial charge in [0.2, 0.25) is 0 Å². The van der Waals surface area contributed by atoms with Crippen molar-refractivity contribution in [3.05, 3.63) is 89.3 Å². The Kier molecular flexibility index (Phi) is 6.43. The third kappa shape index (κ3) is 5.76. The van der Waals surface area contributed by atoms with Crippen molar-refractivity contribution in [2.75, 3.05) is 15.4 Å². The van der Waals surface area contributed by atoms with Crippen molar-refractivity contribution in [3.63, 3.8) is 0 Å². The Morgan fingerprint density at radius 2 is 1.48 bits per heavy atom. The van der Waals surface area contributed by atoms with Crippen molar-refractivity contribution >= 4 is 50.5 Å². The second-order valence-electron chi connectivity index (χ2n) is 7.24.